The molecule has 1 amide bonds. The maximum atomic E-state index is 12.3. The molecule has 4 heteroatoms. The van der Waals surface area contributed by atoms with Gasteiger partial charge in [0.25, 0.3) is 0 Å². The van der Waals surface area contributed by atoms with Crippen molar-refractivity contribution in [2.45, 2.75) is 19.4 Å². The van der Waals surface area contributed by atoms with E-state index in [4.69, 9.17) is 4.74 Å². The smallest absolute Gasteiger partial charge is 0.223 e. The van der Waals surface area contributed by atoms with Crippen LogP contribution in [0.4, 0.5) is 0 Å². The lowest BCUT2D eigenvalue weighted by atomic mass is 10.0. The van der Waals surface area contributed by atoms with Crippen molar-refractivity contribution in [1.29, 1.82) is 0 Å². The summed E-state index contributed by atoms with van der Waals surface area (Å²) in [4.78, 5) is 12.3. The fourth-order valence-corrected chi connectivity index (χ4v) is 2.24. The summed E-state index contributed by atoms with van der Waals surface area (Å²) in [5, 5.41) is 12.4. The van der Waals surface area contributed by atoms with Crippen LogP contribution in [0, 0.1) is 5.92 Å². The Morgan fingerprint density at radius 2 is 1.70 bits per heavy atom. The maximum absolute atomic E-state index is 12.3. The molecule has 2 unspecified atom stereocenters. The first-order valence-electron chi connectivity index (χ1n) is 7.84. The highest BCUT2D eigenvalue weighted by molar-refractivity contribution is 5.78. The number of ether oxygens (including phenoxy) is 1. The van der Waals surface area contributed by atoms with Crippen molar-refractivity contribution in [2.24, 2.45) is 5.92 Å². The van der Waals surface area contributed by atoms with Gasteiger partial charge in [-0.05, 0) is 24.1 Å². The number of rotatable bonds is 8. The molecule has 0 spiro atoms. The van der Waals surface area contributed by atoms with Crippen LogP contribution in [0.25, 0.3) is 0 Å². The molecule has 0 heterocycles. The standard InChI is InChI=1S/C19H23NO3/c1-15(12-13-23-17-10-6-3-7-11-17)19(22)20-18(14-21)16-8-4-2-5-9-16/h2-11,15,18,21H,12-14H2,1H3,(H,20,22). The molecular weight excluding hydrogens is 290 g/mol. The van der Waals surface area contributed by atoms with Gasteiger partial charge in [0.05, 0.1) is 19.3 Å². The van der Waals surface area contributed by atoms with Crippen LogP contribution >= 0.6 is 0 Å². The van der Waals surface area contributed by atoms with Gasteiger partial charge in [-0.3, -0.25) is 4.79 Å². The highest BCUT2D eigenvalue weighted by Gasteiger charge is 2.18. The lowest BCUT2D eigenvalue weighted by molar-refractivity contribution is -0.126. The van der Waals surface area contributed by atoms with Gasteiger partial charge in [-0.15, -0.1) is 0 Å². The second kappa shape index (κ2) is 8.96. The summed E-state index contributed by atoms with van der Waals surface area (Å²) < 4.78 is 5.61. The van der Waals surface area contributed by atoms with E-state index in [1.54, 1.807) is 0 Å². The lowest BCUT2D eigenvalue weighted by Crippen LogP contribution is -2.35. The second-order valence-corrected chi connectivity index (χ2v) is 5.51. The number of carbonyl (C=O) groups excluding carboxylic acids is 1. The van der Waals surface area contributed by atoms with E-state index >= 15 is 0 Å². The van der Waals surface area contributed by atoms with Crippen LogP contribution in [0.5, 0.6) is 5.75 Å². The van der Waals surface area contributed by atoms with Crippen LogP contribution < -0.4 is 10.1 Å². The molecular formula is C19H23NO3. The van der Waals surface area contributed by atoms with E-state index in [2.05, 4.69) is 5.32 Å². The molecule has 0 saturated carbocycles. The third kappa shape index (κ3) is 5.42. The number of amides is 1. The van der Waals surface area contributed by atoms with Gasteiger partial charge in [-0.25, -0.2) is 0 Å². The first-order chi connectivity index (χ1) is 11.2. The highest BCUT2D eigenvalue weighted by atomic mass is 16.5. The van der Waals surface area contributed by atoms with Gasteiger partial charge in [-0.2, -0.15) is 0 Å². The van der Waals surface area contributed by atoms with Crippen molar-refractivity contribution in [3.8, 4) is 5.75 Å². The molecule has 23 heavy (non-hydrogen) atoms. The molecule has 0 fully saturated rings. The van der Waals surface area contributed by atoms with E-state index in [9.17, 15) is 9.90 Å². The highest BCUT2D eigenvalue weighted by Crippen LogP contribution is 2.14. The van der Waals surface area contributed by atoms with Gasteiger partial charge < -0.3 is 15.2 Å². The number of aliphatic hydroxyl groups excluding tert-OH is 1. The summed E-state index contributed by atoms with van der Waals surface area (Å²) in [6.07, 6.45) is 0.619. The van der Waals surface area contributed by atoms with Crippen LogP contribution in [0.3, 0.4) is 0 Å². The number of aliphatic hydroxyl groups is 1. The van der Waals surface area contributed by atoms with Crippen LogP contribution in [0.15, 0.2) is 60.7 Å². The minimum Gasteiger partial charge on any atom is -0.494 e. The quantitative estimate of drug-likeness (QED) is 0.788. The third-order valence-corrected chi connectivity index (χ3v) is 3.71. The van der Waals surface area contributed by atoms with Gasteiger partial charge in [0, 0.05) is 5.92 Å². The van der Waals surface area contributed by atoms with Crippen molar-refractivity contribution in [2.75, 3.05) is 13.2 Å². The third-order valence-electron chi connectivity index (χ3n) is 3.71. The number of benzene rings is 2. The molecule has 2 aromatic rings. The van der Waals surface area contributed by atoms with Crippen LogP contribution in [-0.4, -0.2) is 24.2 Å². The molecule has 4 nitrogen and oxygen atoms in total. The van der Waals surface area contributed by atoms with Crippen molar-refractivity contribution >= 4 is 5.91 Å². The van der Waals surface area contributed by atoms with Crippen molar-refractivity contribution in [3.63, 3.8) is 0 Å². The number of nitrogens with one attached hydrogen (secondary N) is 1. The zero-order chi connectivity index (χ0) is 16.5. The van der Waals surface area contributed by atoms with Gasteiger partial charge in [0.15, 0.2) is 0 Å². The molecule has 2 atom stereocenters. The lowest BCUT2D eigenvalue weighted by Gasteiger charge is -2.19. The van der Waals surface area contributed by atoms with Crippen molar-refractivity contribution < 1.29 is 14.6 Å². The average molecular weight is 313 g/mol. The number of para-hydroxylation sites is 1. The number of hydrogen-bond acceptors (Lipinski definition) is 3. The summed E-state index contributed by atoms with van der Waals surface area (Å²) >= 11 is 0. The largest absolute Gasteiger partial charge is 0.494 e. The molecule has 0 saturated heterocycles. The summed E-state index contributed by atoms with van der Waals surface area (Å²) in [5.74, 6) is 0.540. The van der Waals surface area contributed by atoms with Crippen molar-refractivity contribution in [3.05, 3.63) is 66.2 Å². The minimum absolute atomic E-state index is 0.0791. The Kier molecular flexibility index (Phi) is 6.63. The second-order valence-electron chi connectivity index (χ2n) is 5.51. The first kappa shape index (κ1) is 17.0. The SMILES string of the molecule is CC(CCOc1ccccc1)C(=O)NC(CO)c1ccccc1. The Bertz CT molecular complexity index is 586. The van der Waals surface area contributed by atoms with E-state index in [1.807, 2.05) is 67.6 Å². The van der Waals surface area contributed by atoms with E-state index in [1.165, 1.54) is 0 Å². The summed E-state index contributed by atoms with van der Waals surface area (Å²) in [7, 11) is 0. The molecule has 2 N–H and O–H groups in total. The van der Waals surface area contributed by atoms with E-state index in [-0.39, 0.29) is 24.5 Å². The Labute approximate surface area is 137 Å². The molecule has 0 radical (unpaired) electrons. The predicted molar refractivity (Wildman–Crippen MR) is 90.1 cm³/mol. The van der Waals surface area contributed by atoms with E-state index in [0.717, 1.165) is 11.3 Å². The zero-order valence-electron chi connectivity index (χ0n) is 13.3. The van der Waals surface area contributed by atoms with E-state index in [0.29, 0.717) is 13.0 Å². The number of carbonyl (C=O) groups is 1. The van der Waals surface area contributed by atoms with Crippen LogP contribution in [-0.2, 0) is 4.79 Å². The van der Waals surface area contributed by atoms with Gasteiger partial charge >= 0.3 is 0 Å². The molecule has 0 aliphatic carbocycles. The molecule has 0 aromatic heterocycles. The van der Waals surface area contributed by atoms with Gasteiger partial charge in [-0.1, -0.05) is 55.5 Å². The Hall–Kier alpha value is -2.33. The van der Waals surface area contributed by atoms with Crippen molar-refractivity contribution in [1.82, 2.24) is 5.32 Å². The Morgan fingerprint density at radius 1 is 1.09 bits per heavy atom. The normalized spacial score (nSPS) is 13.1. The monoisotopic (exact) mass is 313 g/mol. The van der Waals surface area contributed by atoms with Crippen LogP contribution in [0.1, 0.15) is 24.9 Å². The molecule has 122 valence electrons. The summed E-state index contributed by atoms with van der Waals surface area (Å²) in [6, 6.07) is 18.6. The molecule has 2 rings (SSSR count). The predicted octanol–water partition coefficient (Wildman–Crippen LogP) is 2.94. The molecule has 0 aliphatic heterocycles. The zero-order valence-corrected chi connectivity index (χ0v) is 13.3. The topological polar surface area (TPSA) is 58.6 Å². The van der Waals surface area contributed by atoms with E-state index < -0.39 is 0 Å². The fraction of sp³-hybridized carbons (Fsp3) is 0.316. The Morgan fingerprint density at radius 3 is 2.30 bits per heavy atom. The number of hydrogen-bond donors (Lipinski definition) is 2. The maximum Gasteiger partial charge on any atom is 0.223 e. The molecule has 2 aromatic carbocycles. The van der Waals surface area contributed by atoms with Gasteiger partial charge in [0.1, 0.15) is 5.75 Å². The minimum atomic E-state index is -0.374. The summed E-state index contributed by atoms with van der Waals surface area (Å²) in [6.45, 7) is 2.22. The summed E-state index contributed by atoms with van der Waals surface area (Å²) in [5.41, 5.74) is 0.899. The molecule has 0 bridgehead atoms. The molecule has 0 aliphatic rings. The average Bonchev–Trinajstić information content (AvgIpc) is 2.61. The fourth-order valence-electron chi connectivity index (χ4n) is 2.24. The van der Waals surface area contributed by atoms with Gasteiger partial charge in [0.2, 0.25) is 5.91 Å². The van der Waals surface area contributed by atoms with Crippen LogP contribution in [0.2, 0.25) is 0 Å². The first-order valence-corrected chi connectivity index (χ1v) is 7.84. The Balaban J connectivity index is 1.80.